The van der Waals surface area contributed by atoms with Crippen molar-refractivity contribution in [2.45, 2.75) is 95.4 Å². The maximum absolute atomic E-state index is 15.7. The average Bonchev–Trinajstić information content (AvgIpc) is 3.62. The third-order valence-electron chi connectivity index (χ3n) is 10.0. The summed E-state index contributed by atoms with van der Waals surface area (Å²) in [5.74, 6) is -4.26. The average molecular weight is 637 g/mol. The zero-order chi connectivity index (χ0) is 32.3. The fourth-order valence-electron chi connectivity index (χ4n) is 6.91. The van der Waals surface area contributed by atoms with Crippen molar-refractivity contribution in [1.82, 2.24) is 10.2 Å². The van der Waals surface area contributed by atoms with Crippen LogP contribution in [-0.2, 0) is 15.7 Å². The molecule has 2 amide bonds. The van der Waals surface area contributed by atoms with Gasteiger partial charge < -0.3 is 24.6 Å². The molecule has 45 heavy (non-hydrogen) atoms. The lowest BCUT2D eigenvalue weighted by Crippen LogP contribution is -2.63. The molecule has 2 N–H and O–H groups in total. The summed E-state index contributed by atoms with van der Waals surface area (Å²) < 4.78 is 43.8. The first kappa shape index (κ1) is 31.7. The summed E-state index contributed by atoms with van der Waals surface area (Å²) in [6, 6.07) is 14.5. The molecule has 0 spiro atoms. The number of nitrogens with zero attached hydrogens (tertiary/aromatic N) is 1. The Kier molecular flexibility index (Phi) is 8.11. The van der Waals surface area contributed by atoms with Crippen molar-refractivity contribution < 1.29 is 32.8 Å². The number of amides is 2. The highest BCUT2D eigenvalue weighted by Gasteiger charge is 2.54. The summed E-state index contributed by atoms with van der Waals surface area (Å²) in [6.45, 7) is 9.74. The maximum atomic E-state index is 15.7. The van der Waals surface area contributed by atoms with E-state index in [-0.39, 0.29) is 30.2 Å². The highest BCUT2D eigenvalue weighted by Crippen LogP contribution is 2.46. The highest BCUT2D eigenvalue weighted by molar-refractivity contribution is 7.15. The Morgan fingerprint density at radius 1 is 1.02 bits per heavy atom. The molecule has 7 nitrogen and oxygen atoms in total. The molecular formula is C34H39BF2N2O5S. The van der Waals surface area contributed by atoms with Gasteiger partial charge >= 0.3 is 13.2 Å². The second-order valence-electron chi connectivity index (χ2n) is 13.3. The molecule has 0 radical (unpaired) electrons. The van der Waals surface area contributed by atoms with Crippen LogP contribution in [0.5, 0.6) is 0 Å². The maximum Gasteiger partial charge on any atom is 0.496 e. The molecule has 11 heteroatoms. The fraction of sp³-hybridized carbons (Fsp3) is 0.471. The summed E-state index contributed by atoms with van der Waals surface area (Å²) in [5, 5.41) is 13.0. The summed E-state index contributed by atoms with van der Waals surface area (Å²) in [7, 11) is -0.689. The fourth-order valence-corrected chi connectivity index (χ4v) is 7.93. The molecule has 2 aromatic carbocycles. The second-order valence-corrected chi connectivity index (χ2v) is 14.4. The van der Waals surface area contributed by atoms with E-state index in [1.54, 1.807) is 6.07 Å². The largest absolute Gasteiger partial charge is 0.496 e. The molecule has 1 saturated heterocycles. The molecule has 3 aromatic rings. The predicted octanol–water partition coefficient (Wildman–Crippen LogP) is 6.69. The first-order valence-corrected chi connectivity index (χ1v) is 16.4. The van der Waals surface area contributed by atoms with Crippen LogP contribution in [0.1, 0.15) is 85.5 Å². The quantitative estimate of drug-likeness (QED) is 0.283. The summed E-state index contributed by atoms with van der Waals surface area (Å²) in [6.07, 6.45) is -0.743. The van der Waals surface area contributed by atoms with E-state index in [4.69, 9.17) is 9.31 Å². The molecule has 1 aromatic heterocycles. The van der Waals surface area contributed by atoms with Crippen LogP contribution >= 0.6 is 11.3 Å². The number of hydrogen-bond acceptors (Lipinski definition) is 5. The van der Waals surface area contributed by atoms with Gasteiger partial charge in [0.05, 0.1) is 22.1 Å². The summed E-state index contributed by atoms with van der Waals surface area (Å²) in [5.41, 5.74) is 3.52. The van der Waals surface area contributed by atoms with Crippen molar-refractivity contribution in [2.75, 3.05) is 6.54 Å². The number of hydrogen-bond donors (Lipinski definition) is 2. The van der Waals surface area contributed by atoms with Crippen molar-refractivity contribution >= 4 is 35.9 Å². The van der Waals surface area contributed by atoms with Gasteiger partial charge in [0.25, 0.3) is 11.8 Å². The second kappa shape index (κ2) is 11.5. The number of halogens is 2. The van der Waals surface area contributed by atoms with Crippen LogP contribution in [0, 0.1) is 0 Å². The van der Waals surface area contributed by atoms with E-state index in [9.17, 15) is 14.7 Å². The number of carboxylic acid groups (broad SMARTS) is 1. The van der Waals surface area contributed by atoms with E-state index in [1.807, 2.05) is 83.1 Å². The molecule has 1 saturated carbocycles. The molecule has 3 aliphatic rings. The Bertz CT molecular complexity index is 1560. The van der Waals surface area contributed by atoms with Gasteiger partial charge in [0.15, 0.2) is 0 Å². The van der Waals surface area contributed by atoms with Gasteiger partial charge in [-0.1, -0.05) is 55.5 Å². The standard InChI is InChI=1S/C34H39BF2N2O5S/c1-6-27-25(35-43-32(2,3)33(4,5)44-35)18-28(45-27)30(40)38-29-26(16-11-17-34(29,36)37)39(31(41)42)19-24-22-14-9-7-12-20(22)21-13-8-10-15-23(21)24/h7-10,12-15,18,24,26,29H,6,11,16-17,19H2,1-5H3,(H,38,40)(H,41,42)/t26-,29+/m0/s1. The lowest BCUT2D eigenvalue weighted by Gasteiger charge is -2.43. The number of carbonyl (C=O) groups is 2. The van der Waals surface area contributed by atoms with Crippen molar-refractivity contribution in [3.63, 3.8) is 0 Å². The van der Waals surface area contributed by atoms with Crippen molar-refractivity contribution in [1.29, 1.82) is 0 Å². The van der Waals surface area contributed by atoms with Crippen LogP contribution in [0.4, 0.5) is 13.6 Å². The minimum absolute atomic E-state index is 0.00153. The van der Waals surface area contributed by atoms with Crippen LogP contribution in [0.15, 0.2) is 54.6 Å². The highest BCUT2D eigenvalue weighted by atomic mass is 32.1. The van der Waals surface area contributed by atoms with Gasteiger partial charge in [-0.25, -0.2) is 13.6 Å². The smallest absolute Gasteiger partial charge is 0.465 e. The Morgan fingerprint density at radius 3 is 2.16 bits per heavy atom. The predicted molar refractivity (Wildman–Crippen MR) is 172 cm³/mol. The number of nitrogens with one attached hydrogen (secondary N) is 1. The third-order valence-corrected chi connectivity index (χ3v) is 11.3. The van der Waals surface area contributed by atoms with Gasteiger partial charge in [0, 0.05) is 23.8 Å². The van der Waals surface area contributed by atoms with Gasteiger partial charge in [-0.3, -0.25) is 4.79 Å². The minimum atomic E-state index is -3.29. The van der Waals surface area contributed by atoms with Gasteiger partial charge in [0.2, 0.25) is 0 Å². The van der Waals surface area contributed by atoms with Gasteiger partial charge in [-0.2, -0.15) is 0 Å². The summed E-state index contributed by atoms with van der Waals surface area (Å²) in [4.78, 5) is 28.7. The number of thiophene rings is 1. The number of aryl methyl sites for hydroxylation is 1. The zero-order valence-corrected chi connectivity index (χ0v) is 27.0. The number of carbonyl (C=O) groups excluding carboxylic acids is 1. The van der Waals surface area contributed by atoms with Gasteiger partial charge in [-0.15, -0.1) is 11.3 Å². The first-order chi connectivity index (χ1) is 21.2. The topological polar surface area (TPSA) is 88.1 Å². The zero-order valence-electron chi connectivity index (χ0n) is 26.2. The van der Waals surface area contributed by atoms with E-state index in [0.29, 0.717) is 11.9 Å². The van der Waals surface area contributed by atoms with Gasteiger partial charge in [0.1, 0.15) is 6.04 Å². The first-order valence-electron chi connectivity index (χ1n) is 15.6. The van der Waals surface area contributed by atoms with Crippen LogP contribution in [0.3, 0.4) is 0 Å². The Labute approximate surface area is 267 Å². The summed E-state index contributed by atoms with van der Waals surface area (Å²) >= 11 is 1.22. The minimum Gasteiger partial charge on any atom is -0.465 e. The molecule has 238 valence electrons. The van der Waals surface area contributed by atoms with E-state index >= 15 is 8.78 Å². The van der Waals surface area contributed by atoms with E-state index < -0.39 is 54.7 Å². The lowest BCUT2D eigenvalue weighted by molar-refractivity contribution is -0.0880. The van der Waals surface area contributed by atoms with Crippen LogP contribution < -0.4 is 10.8 Å². The lowest BCUT2D eigenvalue weighted by atomic mass is 9.78. The molecule has 2 fully saturated rings. The molecule has 1 aliphatic heterocycles. The monoisotopic (exact) mass is 636 g/mol. The van der Waals surface area contributed by atoms with Crippen molar-refractivity contribution in [2.24, 2.45) is 0 Å². The molecular weight excluding hydrogens is 597 g/mol. The van der Waals surface area contributed by atoms with E-state index in [0.717, 1.165) is 32.0 Å². The third kappa shape index (κ3) is 5.57. The van der Waals surface area contributed by atoms with Gasteiger partial charge in [-0.05, 0) is 80.7 Å². The molecule has 6 rings (SSSR count). The number of benzene rings is 2. The number of fused-ring (bicyclic) bond motifs is 3. The SMILES string of the molecule is CCc1sc(C(=O)N[C@@H]2[C@@H](N(CC3c4ccccc4-c4ccccc43)C(=O)O)CCCC2(F)F)cc1B1OC(C)(C)C(C)(C)O1. The Hall–Kier alpha value is -3.28. The molecule has 2 atom stereocenters. The van der Waals surface area contributed by atoms with Crippen LogP contribution in [0.25, 0.3) is 11.1 Å². The van der Waals surface area contributed by atoms with E-state index in [2.05, 4.69) is 5.32 Å². The molecule has 0 bridgehead atoms. The Morgan fingerprint density at radius 2 is 1.60 bits per heavy atom. The van der Waals surface area contributed by atoms with Crippen molar-refractivity contribution in [3.8, 4) is 11.1 Å². The Balaban J connectivity index is 1.28. The van der Waals surface area contributed by atoms with Crippen LogP contribution in [0.2, 0.25) is 0 Å². The number of rotatable bonds is 7. The normalized spacial score (nSPS) is 23.0. The number of alkyl halides is 2. The van der Waals surface area contributed by atoms with Crippen LogP contribution in [-0.4, -0.2) is 64.9 Å². The van der Waals surface area contributed by atoms with E-state index in [1.165, 1.54) is 11.3 Å². The molecule has 2 heterocycles. The molecule has 2 aliphatic carbocycles. The molecule has 0 unspecified atom stereocenters. The van der Waals surface area contributed by atoms with Crippen molar-refractivity contribution in [3.05, 3.63) is 75.5 Å².